The molecule has 2 rings (SSSR count). The molecule has 0 aliphatic carbocycles. The molecule has 0 aliphatic heterocycles. The molecule has 0 aromatic carbocycles. The Morgan fingerprint density at radius 2 is 1.88 bits per heavy atom. The van der Waals surface area contributed by atoms with Crippen LogP contribution in [-0.2, 0) is 6.18 Å². The number of aromatic nitrogens is 3. The maximum atomic E-state index is 12.4. The van der Waals surface area contributed by atoms with Crippen LogP contribution in [0.3, 0.4) is 0 Å². The monoisotopic (exact) mass is 245 g/mol. The van der Waals surface area contributed by atoms with Crippen LogP contribution in [0.5, 0.6) is 0 Å². The first kappa shape index (κ1) is 10.9. The van der Waals surface area contributed by atoms with Crippen molar-refractivity contribution in [2.24, 2.45) is 0 Å². The Morgan fingerprint density at radius 3 is 2.38 bits per heavy atom. The zero-order valence-electron chi connectivity index (χ0n) is 7.82. The number of aromatic amines is 1. The Labute approximate surface area is 93.5 Å². The fourth-order valence-electron chi connectivity index (χ4n) is 1.23. The molecule has 84 valence electrons. The minimum atomic E-state index is -4.42. The number of H-pyrrole nitrogens is 1. The van der Waals surface area contributed by atoms with Gasteiger partial charge in [0, 0.05) is 18.5 Å². The summed E-state index contributed by atoms with van der Waals surface area (Å²) in [6.45, 7) is 0. The van der Waals surface area contributed by atoms with Crippen LogP contribution in [0.25, 0.3) is 5.69 Å². The molecule has 7 heteroatoms. The lowest BCUT2D eigenvalue weighted by molar-refractivity contribution is -0.141. The molecule has 0 unspecified atom stereocenters. The average molecular weight is 245 g/mol. The predicted octanol–water partition coefficient (Wildman–Crippen LogP) is 2.95. The Balaban J connectivity index is 2.53. The molecule has 2 aromatic rings. The number of hydrogen-bond donors (Lipinski definition) is 1. The molecule has 0 atom stereocenters. The van der Waals surface area contributed by atoms with E-state index in [1.54, 1.807) is 12.1 Å². The van der Waals surface area contributed by atoms with Crippen LogP contribution in [-0.4, -0.2) is 14.8 Å². The topological polar surface area (TPSA) is 33.6 Å². The normalized spacial score (nSPS) is 11.7. The van der Waals surface area contributed by atoms with Gasteiger partial charge in [-0.2, -0.15) is 13.2 Å². The summed E-state index contributed by atoms with van der Waals surface area (Å²) < 4.78 is 38.4. The van der Waals surface area contributed by atoms with Crippen molar-refractivity contribution < 1.29 is 13.2 Å². The fourth-order valence-corrected chi connectivity index (χ4v) is 1.49. The highest BCUT2D eigenvalue weighted by Crippen LogP contribution is 2.28. The molecular weight excluding hydrogens is 239 g/mol. The van der Waals surface area contributed by atoms with E-state index in [-0.39, 0.29) is 4.64 Å². The molecule has 0 aliphatic rings. The summed E-state index contributed by atoms with van der Waals surface area (Å²) in [6.07, 6.45) is -1.47. The second kappa shape index (κ2) is 3.75. The van der Waals surface area contributed by atoms with Gasteiger partial charge < -0.3 is 0 Å². The molecule has 16 heavy (non-hydrogen) atoms. The van der Waals surface area contributed by atoms with Gasteiger partial charge in [0.15, 0.2) is 0 Å². The number of rotatable bonds is 1. The van der Waals surface area contributed by atoms with Crippen molar-refractivity contribution >= 4 is 12.2 Å². The molecule has 0 amide bonds. The van der Waals surface area contributed by atoms with Crippen molar-refractivity contribution in [1.82, 2.24) is 14.8 Å². The van der Waals surface area contributed by atoms with Crippen molar-refractivity contribution in [3.8, 4) is 5.69 Å². The molecule has 0 bridgehead atoms. The highest BCUT2D eigenvalue weighted by molar-refractivity contribution is 7.71. The summed E-state index contributed by atoms with van der Waals surface area (Å²) in [5.74, 6) is 0. The highest BCUT2D eigenvalue weighted by Gasteiger charge is 2.33. The molecule has 0 fully saturated rings. The van der Waals surface area contributed by atoms with E-state index >= 15 is 0 Å². The summed E-state index contributed by atoms with van der Waals surface area (Å²) in [7, 11) is 0. The smallest absolute Gasteiger partial charge is 0.288 e. The number of pyridine rings is 1. The number of nitrogens with zero attached hydrogens (tertiary/aromatic N) is 2. The van der Waals surface area contributed by atoms with Crippen molar-refractivity contribution in [1.29, 1.82) is 0 Å². The number of alkyl halides is 3. The van der Waals surface area contributed by atoms with Crippen LogP contribution in [0.4, 0.5) is 13.2 Å². The van der Waals surface area contributed by atoms with Gasteiger partial charge in [-0.25, -0.2) is 4.68 Å². The molecule has 0 saturated carbocycles. The lowest BCUT2D eigenvalue weighted by Crippen LogP contribution is -2.07. The van der Waals surface area contributed by atoms with Gasteiger partial charge in [-0.15, -0.1) is 0 Å². The lowest BCUT2D eigenvalue weighted by atomic mass is 10.4. The van der Waals surface area contributed by atoms with Gasteiger partial charge >= 0.3 is 6.18 Å². The molecule has 2 aromatic heterocycles. The van der Waals surface area contributed by atoms with Crippen molar-refractivity contribution in [3.05, 3.63) is 40.9 Å². The van der Waals surface area contributed by atoms with E-state index in [0.29, 0.717) is 5.69 Å². The second-order valence-electron chi connectivity index (χ2n) is 3.05. The fraction of sp³-hybridized carbons (Fsp3) is 0.111. The van der Waals surface area contributed by atoms with Crippen LogP contribution in [0.1, 0.15) is 5.69 Å². The van der Waals surface area contributed by atoms with Gasteiger partial charge in [0.25, 0.3) is 0 Å². The van der Waals surface area contributed by atoms with Gasteiger partial charge in [0.1, 0.15) is 10.3 Å². The van der Waals surface area contributed by atoms with Crippen molar-refractivity contribution in [3.63, 3.8) is 0 Å². The second-order valence-corrected chi connectivity index (χ2v) is 3.46. The van der Waals surface area contributed by atoms with Crippen molar-refractivity contribution in [2.45, 2.75) is 6.18 Å². The zero-order valence-corrected chi connectivity index (χ0v) is 8.64. The van der Waals surface area contributed by atoms with Crippen molar-refractivity contribution in [2.75, 3.05) is 0 Å². The average Bonchev–Trinajstić information content (AvgIpc) is 2.61. The number of nitrogens with one attached hydrogen (secondary N) is 1. The van der Waals surface area contributed by atoms with Gasteiger partial charge in [-0.1, -0.05) is 12.2 Å². The van der Waals surface area contributed by atoms with Crippen LogP contribution >= 0.6 is 12.2 Å². The molecule has 1 N–H and O–H groups in total. The van der Waals surface area contributed by atoms with Crippen LogP contribution in [0, 0.1) is 4.64 Å². The Morgan fingerprint density at radius 1 is 1.25 bits per heavy atom. The van der Waals surface area contributed by atoms with Crippen LogP contribution in [0.2, 0.25) is 0 Å². The van der Waals surface area contributed by atoms with E-state index in [9.17, 15) is 13.2 Å². The first-order valence-corrected chi connectivity index (χ1v) is 4.69. The van der Waals surface area contributed by atoms with Crippen LogP contribution < -0.4 is 0 Å². The maximum Gasteiger partial charge on any atom is 0.432 e. The maximum absolute atomic E-state index is 12.4. The lowest BCUT2D eigenvalue weighted by Gasteiger charge is -2.04. The van der Waals surface area contributed by atoms with E-state index in [0.717, 1.165) is 6.07 Å². The summed E-state index contributed by atoms with van der Waals surface area (Å²) in [6, 6.07) is 4.01. The third-order valence-corrected chi connectivity index (χ3v) is 2.25. The van der Waals surface area contributed by atoms with Gasteiger partial charge in [-0.3, -0.25) is 10.1 Å². The SMILES string of the molecule is FC(F)(F)c1cc(=S)n(-c2ccncc2)[nH]1. The summed E-state index contributed by atoms with van der Waals surface area (Å²) in [5.41, 5.74) is -0.357. The van der Waals surface area contributed by atoms with Gasteiger partial charge in [0.05, 0.1) is 5.69 Å². The molecule has 2 heterocycles. The molecule has 3 nitrogen and oxygen atoms in total. The van der Waals surface area contributed by atoms with E-state index in [1.807, 2.05) is 0 Å². The minimum absolute atomic E-state index is 0.0681. The first-order valence-electron chi connectivity index (χ1n) is 4.28. The summed E-state index contributed by atoms with van der Waals surface area (Å²) >= 11 is 4.84. The predicted molar refractivity (Wildman–Crippen MR) is 53.8 cm³/mol. The minimum Gasteiger partial charge on any atom is -0.288 e. The number of halogens is 3. The van der Waals surface area contributed by atoms with E-state index in [4.69, 9.17) is 12.2 Å². The Hall–Kier alpha value is -1.63. The summed E-state index contributed by atoms with van der Waals surface area (Å²) in [5, 5.41) is 2.20. The third-order valence-electron chi connectivity index (χ3n) is 1.95. The first-order chi connectivity index (χ1) is 7.48. The standard InChI is InChI=1S/C9H6F3N3S/c10-9(11,12)7-5-8(16)15(14-7)6-1-3-13-4-2-6/h1-5,14H. The van der Waals surface area contributed by atoms with E-state index in [1.165, 1.54) is 17.1 Å². The Bertz CT molecular complexity index is 541. The van der Waals surface area contributed by atoms with E-state index < -0.39 is 11.9 Å². The quantitative estimate of drug-likeness (QED) is 0.784. The highest BCUT2D eigenvalue weighted by atomic mass is 32.1. The molecular formula is C9H6F3N3S. The number of hydrogen-bond acceptors (Lipinski definition) is 2. The van der Waals surface area contributed by atoms with Gasteiger partial charge in [-0.05, 0) is 12.1 Å². The largest absolute Gasteiger partial charge is 0.432 e. The third kappa shape index (κ3) is 1.99. The summed E-state index contributed by atoms with van der Waals surface area (Å²) in [4.78, 5) is 3.77. The molecule has 0 spiro atoms. The Kier molecular flexibility index (Phi) is 2.55. The zero-order chi connectivity index (χ0) is 11.8. The van der Waals surface area contributed by atoms with Crippen LogP contribution in [0.15, 0.2) is 30.6 Å². The van der Waals surface area contributed by atoms with Gasteiger partial charge in [0.2, 0.25) is 0 Å². The molecule has 0 radical (unpaired) electrons. The van der Waals surface area contributed by atoms with E-state index in [2.05, 4.69) is 10.1 Å². The molecule has 0 saturated heterocycles.